The van der Waals surface area contributed by atoms with E-state index in [2.05, 4.69) is 41.0 Å². The Hall–Kier alpha value is -1.85. The number of nitrogens with zero attached hydrogens (tertiary/aromatic N) is 4. The van der Waals surface area contributed by atoms with Gasteiger partial charge >= 0.3 is 0 Å². The fourth-order valence-electron chi connectivity index (χ4n) is 2.86. The molecule has 0 N–H and O–H groups in total. The van der Waals surface area contributed by atoms with Gasteiger partial charge in [0.2, 0.25) is 0 Å². The van der Waals surface area contributed by atoms with E-state index in [0.29, 0.717) is 11.6 Å². The van der Waals surface area contributed by atoms with Crippen molar-refractivity contribution in [3.05, 3.63) is 45.7 Å². The average Bonchev–Trinajstić information content (AvgIpc) is 2.90. The predicted octanol–water partition coefficient (Wildman–Crippen LogP) is 3.66. The van der Waals surface area contributed by atoms with Crippen LogP contribution in [0.3, 0.4) is 0 Å². The smallest absolute Gasteiger partial charge is 0.128 e. The van der Waals surface area contributed by atoms with Gasteiger partial charge in [0.05, 0.1) is 23.7 Å². The molecule has 0 radical (unpaired) electrons. The summed E-state index contributed by atoms with van der Waals surface area (Å²) < 4.78 is 7.71. The van der Waals surface area contributed by atoms with Gasteiger partial charge in [0.1, 0.15) is 11.8 Å². The van der Waals surface area contributed by atoms with Gasteiger partial charge in [-0.15, -0.1) is 0 Å². The minimum Gasteiger partial charge on any atom is -0.367 e. The summed E-state index contributed by atoms with van der Waals surface area (Å²) in [5.74, 6) is 0. The molecule has 0 saturated heterocycles. The summed E-state index contributed by atoms with van der Waals surface area (Å²) in [6.07, 6.45) is 4.35. The molecule has 0 spiro atoms. The van der Waals surface area contributed by atoms with Gasteiger partial charge < -0.3 is 9.64 Å². The quantitative estimate of drug-likeness (QED) is 0.626. The largest absolute Gasteiger partial charge is 0.367 e. The van der Waals surface area contributed by atoms with Gasteiger partial charge in [-0.2, -0.15) is 5.10 Å². The number of hydrogen-bond acceptors (Lipinski definition) is 3. The van der Waals surface area contributed by atoms with E-state index in [9.17, 15) is 0 Å². The van der Waals surface area contributed by atoms with Gasteiger partial charge in [-0.1, -0.05) is 17.7 Å². The Bertz CT molecular complexity index is 769. The third-order valence-electron chi connectivity index (χ3n) is 4.35. The van der Waals surface area contributed by atoms with Crippen LogP contribution < -0.4 is 0 Å². The lowest BCUT2D eigenvalue weighted by atomic mass is 9.93. The zero-order valence-electron chi connectivity index (χ0n) is 14.6. The Morgan fingerprint density at radius 2 is 2.29 bits per heavy atom. The van der Waals surface area contributed by atoms with Crippen molar-refractivity contribution in [1.29, 1.82) is 0 Å². The number of aliphatic imine (C=N–C) groups is 1. The summed E-state index contributed by atoms with van der Waals surface area (Å²) in [5.41, 5.74) is 5.30. The van der Waals surface area contributed by atoms with Crippen LogP contribution in [0, 0.1) is 6.92 Å². The predicted molar refractivity (Wildman–Crippen MR) is 97.4 cm³/mol. The lowest BCUT2D eigenvalue weighted by Crippen LogP contribution is -2.18. The SMILES string of the molecule is CCN(C)C=Nc1cc2c(cc1C)C(c1nn(C)cc1Cl)OCC2. The van der Waals surface area contributed by atoms with Crippen molar-refractivity contribution in [2.75, 3.05) is 20.2 Å². The van der Waals surface area contributed by atoms with Gasteiger partial charge in [-0.25, -0.2) is 4.99 Å². The van der Waals surface area contributed by atoms with Gasteiger partial charge in [0.25, 0.3) is 0 Å². The molecule has 24 heavy (non-hydrogen) atoms. The Balaban J connectivity index is 1.98. The molecule has 5 nitrogen and oxygen atoms in total. The van der Waals surface area contributed by atoms with Gasteiger partial charge in [-0.05, 0) is 43.0 Å². The van der Waals surface area contributed by atoms with Crippen LogP contribution in [0.1, 0.15) is 35.4 Å². The molecule has 128 valence electrons. The first-order valence-corrected chi connectivity index (χ1v) is 8.56. The van der Waals surface area contributed by atoms with Crippen LogP contribution in [0.5, 0.6) is 0 Å². The molecule has 0 aliphatic carbocycles. The highest BCUT2D eigenvalue weighted by atomic mass is 35.5. The highest BCUT2D eigenvalue weighted by Crippen LogP contribution is 2.38. The van der Waals surface area contributed by atoms with E-state index >= 15 is 0 Å². The lowest BCUT2D eigenvalue weighted by molar-refractivity contribution is 0.0667. The van der Waals surface area contributed by atoms with Crippen LogP contribution in [0.2, 0.25) is 5.02 Å². The molecule has 1 unspecified atom stereocenters. The lowest BCUT2D eigenvalue weighted by Gasteiger charge is -2.26. The van der Waals surface area contributed by atoms with E-state index in [0.717, 1.165) is 35.5 Å². The summed E-state index contributed by atoms with van der Waals surface area (Å²) in [6, 6.07) is 4.32. The van der Waals surface area contributed by atoms with Crippen molar-refractivity contribution < 1.29 is 4.74 Å². The molecular weight excluding hydrogens is 324 g/mol. The molecule has 1 atom stereocenters. The number of aromatic nitrogens is 2. The number of benzene rings is 1. The zero-order valence-corrected chi connectivity index (χ0v) is 15.3. The molecule has 0 saturated carbocycles. The second-order valence-electron chi connectivity index (χ2n) is 6.19. The second kappa shape index (κ2) is 6.95. The van der Waals surface area contributed by atoms with Crippen LogP contribution in [-0.4, -0.2) is 41.2 Å². The third kappa shape index (κ3) is 3.32. The van der Waals surface area contributed by atoms with Crippen LogP contribution >= 0.6 is 11.6 Å². The Morgan fingerprint density at radius 1 is 1.50 bits per heavy atom. The molecule has 1 aliphatic heterocycles. The van der Waals surface area contributed by atoms with E-state index in [1.54, 1.807) is 10.9 Å². The summed E-state index contributed by atoms with van der Waals surface area (Å²) in [6.45, 7) is 5.77. The van der Waals surface area contributed by atoms with Crippen LogP contribution in [0.25, 0.3) is 0 Å². The molecular formula is C18H23ClN4O. The number of fused-ring (bicyclic) bond motifs is 1. The normalized spacial score (nSPS) is 17.3. The molecule has 1 aromatic heterocycles. The van der Waals surface area contributed by atoms with E-state index in [1.807, 2.05) is 20.4 Å². The van der Waals surface area contributed by atoms with Gasteiger partial charge in [0.15, 0.2) is 0 Å². The van der Waals surface area contributed by atoms with Gasteiger partial charge in [-0.3, -0.25) is 4.68 Å². The molecule has 0 bridgehead atoms. The molecule has 1 aliphatic rings. The first-order chi connectivity index (χ1) is 11.5. The Kier molecular flexibility index (Phi) is 4.92. The molecule has 1 aromatic carbocycles. The topological polar surface area (TPSA) is 42.7 Å². The second-order valence-corrected chi connectivity index (χ2v) is 6.60. The molecule has 0 amide bonds. The van der Waals surface area contributed by atoms with Crippen molar-refractivity contribution >= 4 is 23.6 Å². The number of hydrogen-bond donors (Lipinski definition) is 0. The fourth-order valence-corrected chi connectivity index (χ4v) is 3.14. The molecule has 0 fully saturated rings. The highest BCUT2D eigenvalue weighted by molar-refractivity contribution is 6.31. The number of aryl methyl sites for hydroxylation is 2. The Labute approximate surface area is 147 Å². The maximum Gasteiger partial charge on any atom is 0.128 e. The summed E-state index contributed by atoms with van der Waals surface area (Å²) in [7, 11) is 3.89. The van der Waals surface area contributed by atoms with E-state index in [4.69, 9.17) is 16.3 Å². The van der Waals surface area contributed by atoms with Crippen LogP contribution in [0.15, 0.2) is 23.3 Å². The van der Waals surface area contributed by atoms with E-state index in [1.165, 1.54) is 5.56 Å². The maximum atomic E-state index is 6.32. The zero-order chi connectivity index (χ0) is 17.3. The Morgan fingerprint density at radius 3 is 2.96 bits per heavy atom. The number of rotatable bonds is 4. The standard InChI is InChI=1S/C18H23ClN4O/c1-5-22(3)11-20-16-9-13-6-7-24-18(14(13)8-12(16)2)17-15(19)10-23(4)21-17/h8-11,18H,5-7H2,1-4H3. The number of halogens is 1. The minimum atomic E-state index is -0.211. The first kappa shape index (κ1) is 17.0. The highest BCUT2D eigenvalue weighted by Gasteiger charge is 2.27. The number of ether oxygens (including phenoxy) is 1. The summed E-state index contributed by atoms with van der Waals surface area (Å²) in [4.78, 5) is 6.67. The maximum absolute atomic E-state index is 6.32. The summed E-state index contributed by atoms with van der Waals surface area (Å²) in [5, 5.41) is 5.12. The van der Waals surface area contributed by atoms with E-state index < -0.39 is 0 Å². The molecule has 2 aromatic rings. The average molecular weight is 347 g/mol. The van der Waals surface area contributed by atoms with Crippen LogP contribution in [-0.2, 0) is 18.2 Å². The first-order valence-electron chi connectivity index (χ1n) is 8.18. The van der Waals surface area contributed by atoms with Gasteiger partial charge in [0, 0.05) is 26.8 Å². The van der Waals surface area contributed by atoms with Crippen molar-refractivity contribution in [3.63, 3.8) is 0 Å². The van der Waals surface area contributed by atoms with E-state index in [-0.39, 0.29) is 6.10 Å². The third-order valence-corrected chi connectivity index (χ3v) is 4.64. The van der Waals surface area contributed by atoms with Crippen molar-refractivity contribution in [2.24, 2.45) is 12.0 Å². The monoisotopic (exact) mass is 346 g/mol. The fraction of sp³-hybridized carbons (Fsp3) is 0.444. The minimum absolute atomic E-state index is 0.211. The molecule has 6 heteroatoms. The summed E-state index contributed by atoms with van der Waals surface area (Å²) >= 11 is 6.32. The molecule has 3 rings (SSSR count). The van der Waals surface area contributed by atoms with Crippen molar-refractivity contribution in [1.82, 2.24) is 14.7 Å². The molecule has 2 heterocycles. The van der Waals surface area contributed by atoms with Crippen molar-refractivity contribution in [3.8, 4) is 0 Å². The van der Waals surface area contributed by atoms with Crippen molar-refractivity contribution in [2.45, 2.75) is 26.4 Å². The van der Waals surface area contributed by atoms with Crippen LogP contribution in [0.4, 0.5) is 5.69 Å².